The van der Waals surface area contributed by atoms with Crippen LogP contribution in [0.15, 0.2) is 36.4 Å². The van der Waals surface area contributed by atoms with Crippen molar-refractivity contribution in [1.29, 1.82) is 0 Å². The lowest BCUT2D eigenvalue weighted by Crippen LogP contribution is -2.20. The van der Waals surface area contributed by atoms with E-state index < -0.39 is 11.6 Å². The van der Waals surface area contributed by atoms with Crippen molar-refractivity contribution in [1.82, 2.24) is 0 Å². The molecule has 0 heterocycles. The molecule has 0 aliphatic carbocycles. The molecule has 0 atom stereocenters. The Morgan fingerprint density at radius 1 is 0.810 bits per heavy atom. The molecule has 0 bridgehead atoms. The summed E-state index contributed by atoms with van der Waals surface area (Å²) in [6, 6.07) is 9.33. The lowest BCUT2D eigenvalue weighted by Gasteiger charge is -2.32. The van der Waals surface area contributed by atoms with Gasteiger partial charge in [-0.25, -0.2) is 8.78 Å². The van der Waals surface area contributed by atoms with Crippen molar-refractivity contribution in [2.24, 2.45) is 5.41 Å². The first-order valence-corrected chi connectivity index (χ1v) is 7.35. The lowest BCUT2D eigenvalue weighted by molar-refractivity contribution is 0.358. The van der Waals surface area contributed by atoms with Crippen molar-refractivity contribution in [3.05, 3.63) is 69.2 Å². The van der Waals surface area contributed by atoms with E-state index in [2.05, 4.69) is 20.8 Å². The topological polar surface area (TPSA) is 0 Å². The zero-order valence-electron chi connectivity index (χ0n) is 12.1. The second kappa shape index (κ2) is 5.94. The molecule has 0 aliphatic rings. The van der Waals surface area contributed by atoms with E-state index >= 15 is 0 Å². The van der Waals surface area contributed by atoms with Gasteiger partial charge in [0.1, 0.15) is 11.6 Å². The highest BCUT2D eigenvalue weighted by Gasteiger charge is 2.29. The SMILES string of the molecule is CC(C)(C)C(c1ccc(F)c(Cl)c1)c1ccc(F)c(Cl)c1. The molecule has 0 radical (unpaired) electrons. The predicted molar refractivity (Wildman–Crippen MR) is 84.1 cm³/mol. The third-order valence-electron chi connectivity index (χ3n) is 3.42. The van der Waals surface area contributed by atoms with Crippen LogP contribution >= 0.6 is 23.2 Å². The molecule has 2 aromatic carbocycles. The molecule has 2 aromatic rings. The number of benzene rings is 2. The maximum Gasteiger partial charge on any atom is 0.141 e. The summed E-state index contributed by atoms with van der Waals surface area (Å²) < 4.78 is 26.8. The summed E-state index contributed by atoms with van der Waals surface area (Å²) in [6.45, 7) is 6.19. The van der Waals surface area contributed by atoms with Gasteiger partial charge < -0.3 is 0 Å². The Morgan fingerprint density at radius 3 is 1.48 bits per heavy atom. The van der Waals surface area contributed by atoms with Crippen molar-refractivity contribution < 1.29 is 8.78 Å². The summed E-state index contributed by atoms with van der Waals surface area (Å²) in [6.07, 6.45) is 0. The first kappa shape index (κ1) is 16.3. The fraction of sp³-hybridized carbons (Fsp3) is 0.294. The minimum Gasteiger partial charge on any atom is -0.205 e. The van der Waals surface area contributed by atoms with Crippen LogP contribution in [0.25, 0.3) is 0 Å². The van der Waals surface area contributed by atoms with Crippen LogP contribution in [0, 0.1) is 17.0 Å². The Morgan fingerprint density at radius 2 is 1.19 bits per heavy atom. The third kappa shape index (κ3) is 3.56. The lowest BCUT2D eigenvalue weighted by atomic mass is 9.72. The van der Waals surface area contributed by atoms with Crippen molar-refractivity contribution in [3.8, 4) is 0 Å². The van der Waals surface area contributed by atoms with Crippen LogP contribution in [0.5, 0.6) is 0 Å². The van der Waals surface area contributed by atoms with Gasteiger partial charge in [-0.2, -0.15) is 0 Å². The van der Waals surface area contributed by atoms with E-state index in [0.717, 1.165) is 11.1 Å². The van der Waals surface area contributed by atoms with E-state index in [-0.39, 0.29) is 21.4 Å². The molecule has 0 saturated carbocycles. The van der Waals surface area contributed by atoms with E-state index in [9.17, 15) is 8.78 Å². The van der Waals surface area contributed by atoms with E-state index in [1.54, 1.807) is 24.3 Å². The maximum atomic E-state index is 13.4. The molecule has 0 fully saturated rings. The van der Waals surface area contributed by atoms with Crippen LogP contribution in [0.2, 0.25) is 10.0 Å². The average molecular weight is 329 g/mol. The van der Waals surface area contributed by atoms with E-state index in [4.69, 9.17) is 23.2 Å². The van der Waals surface area contributed by atoms with Gasteiger partial charge in [-0.1, -0.05) is 56.1 Å². The Bertz CT molecular complexity index is 609. The fourth-order valence-corrected chi connectivity index (χ4v) is 2.95. The first-order valence-electron chi connectivity index (χ1n) is 6.60. The van der Waals surface area contributed by atoms with Gasteiger partial charge in [-0.3, -0.25) is 0 Å². The summed E-state index contributed by atoms with van der Waals surface area (Å²) in [5, 5.41) is 0.157. The smallest absolute Gasteiger partial charge is 0.141 e. The standard InChI is InChI=1S/C17H16Cl2F2/c1-17(2,3)16(10-4-6-14(20)12(18)8-10)11-5-7-15(21)13(19)9-11/h4-9,16H,1-3H3. The largest absolute Gasteiger partial charge is 0.205 e. The van der Waals surface area contributed by atoms with Crippen LogP contribution < -0.4 is 0 Å². The van der Waals surface area contributed by atoms with Crippen molar-refractivity contribution in [2.75, 3.05) is 0 Å². The summed E-state index contributed by atoms with van der Waals surface area (Å²) in [5.74, 6) is -0.982. The number of halogens is 4. The molecule has 0 aromatic heterocycles. The molecular formula is C17H16Cl2F2. The van der Waals surface area contributed by atoms with Gasteiger partial charge in [-0.15, -0.1) is 0 Å². The second-order valence-corrected chi connectivity index (χ2v) is 6.96. The number of rotatable bonds is 2. The average Bonchev–Trinajstić information content (AvgIpc) is 2.37. The molecule has 112 valence electrons. The zero-order valence-corrected chi connectivity index (χ0v) is 13.6. The molecule has 21 heavy (non-hydrogen) atoms. The molecule has 0 unspecified atom stereocenters. The zero-order chi connectivity index (χ0) is 15.8. The summed E-state index contributed by atoms with van der Waals surface area (Å²) in [7, 11) is 0. The van der Waals surface area contributed by atoms with Crippen molar-refractivity contribution in [3.63, 3.8) is 0 Å². The Kier molecular flexibility index (Phi) is 4.60. The molecule has 0 saturated heterocycles. The Labute approximate surface area is 133 Å². The predicted octanol–water partition coefficient (Wildman–Crippen LogP) is 6.45. The normalized spacial score (nSPS) is 12.0. The molecule has 0 nitrogen and oxygen atoms in total. The minimum atomic E-state index is -0.454. The highest BCUT2D eigenvalue weighted by molar-refractivity contribution is 6.31. The van der Waals surface area contributed by atoms with E-state index in [1.165, 1.54) is 12.1 Å². The first-order chi connectivity index (χ1) is 9.70. The highest BCUT2D eigenvalue weighted by atomic mass is 35.5. The van der Waals surface area contributed by atoms with E-state index in [0.29, 0.717) is 0 Å². The molecule has 0 aliphatic heterocycles. The maximum absolute atomic E-state index is 13.4. The van der Waals surface area contributed by atoms with Crippen LogP contribution in [0.1, 0.15) is 37.8 Å². The molecular weight excluding hydrogens is 313 g/mol. The minimum absolute atomic E-state index is 0.0753. The molecule has 0 N–H and O–H groups in total. The Hall–Kier alpha value is -1.12. The summed E-state index contributed by atoms with van der Waals surface area (Å²) in [4.78, 5) is 0. The third-order valence-corrected chi connectivity index (χ3v) is 4.00. The molecule has 0 amide bonds. The quantitative estimate of drug-likeness (QED) is 0.594. The van der Waals surface area contributed by atoms with Crippen LogP contribution in [0.3, 0.4) is 0 Å². The van der Waals surface area contributed by atoms with Crippen molar-refractivity contribution in [2.45, 2.75) is 26.7 Å². The van der Waals surface area contributed by atoms with Crippen LogP contribution in [-0.4, -0.2) is 0 Å². The summed E-state index contributed by atoms with van der Waals surface area (Å²) >= 11 is 11.8. The van der Waals surface area contributed by atoms with Gasteiger partial charge in [0, 0.05) is 5.92 Å². The van der Waals surface area contributed by atoms with Crippen molar-refractivity contribution >= 4 is 23.2 Å². The number of hydrogen-bond acceptors (Lipinski definition) is 0. The van der Waals surface area contributed by atoms with Crippen LogP contribution in [-0.2, 0) is 0 Å². The molecule has 2 rings (SSSR count). The number of hydrogen-bond donors (Lipinski definition) is 0. The fourth-order valence-electron chi connectivity index (χ4n) is 2.58. The van der Waals surface area contributed by atoms with Gasteiger partial charge in [0.25, 0.3) is 0 Å². The highest BCUT2D eigenvalue weighted by Crippen LogP contribution is 2.42. The molecule has 4 heteroatoms. The second-order valence-electron chi connectivity index (χ2n) is 6.15. The summed E-state index contributed by atoms with van der Waals surface area (Å²) in [5.41, 5.74) is 1.58. The monoisotopic (exact) mass is 328 g/mol. The Balaban J connectivity index is 2.58. The van der Waals surface area contributed by atoms with Gasteiger partial charge >= 0.3 is 0 Å². The van der Waals surface area contributed by atoms with Gasteiger partial charge in [-0.05, 0) is 40.8 Å². The van der Waals surface area contributed by atoms with Crippen LogP contribution in [0.4, 0.5) is 8.78 Å². The van der Waals surface area contributed by atoms with Gasteiger partial charge in [0.15, 0.2) is 0 Å². The molecule has 0 spiro atoms. The van der Waals surface area contributed by atoms with Gasteiger partial charge in [0.2, 0.25) is 0 Å². The van der Waals surface area contributed by atoms with E-state index in [1.807, 2.05) is 0 Å². The van der Waals surface area contributed by atoms with Gasteiger partial charge in [0.05, 0.1) is 10.0 Å².